The topological polar surface area (TPSA) is 95.5 Å². The molecule has 0 saturated heterocycles. The molecule has 0 bridgehead atoms. The molecule has 0 radical (unpaired) electrons. The van der Waals surface area contributed by atoms with Gasteiger partial charge in [0.15, 0.2) is 0 Å². The van der Waals surface area contributed by atoms with Gasteiger partial charge in [0.25, 0.3) is 5.91 Å². The number of hydrogen-bond acceptors (Lipinski definition) is 4. The Hall–Kier alpha value is -2.29. The number of anilines is 1. The minimum atomic E-state index is -3.82. The van der Waals surface area contributed by atoms with Crippen LogP contribution in [0.2, 0.25) is 0 Å². The lowest BCUT2D eigenvalue weighted by atomic mass is 10.1. The Morgan fingerprint density at radius 2 is 1.84 bits per heavy atom. The lowest BCUT2D eigenvalue weighted by molar-refractivity contribution is 0.102. The number of aliphatic hydroxyl groups excluding tert-OH is 1. The molecule has 0 unspecified atom stereocenters. The molecule has 25 heavy (non-hydrogen) atoms. The second-order valence-corrected chi connectivity index (χ2v) is 7.28. The SMILES string of the molecule is Cc1cc(NC(=O)c2cc(S(=O)(=O)NCCO)ccc2C)ccc1F. The molecule has 0 aliphatic carbocycles. The number of benzene rings is 2. The van der Waals surface area contributed by atoms with Crippen molar-refractivity contribution in [1.29, 1.82) is 0 Å². The van der Waals surface area contributed by atoms with E-state index >= 15 is 0 Å². The van der Waals surface area contributed by atoms with Crippen LogP contribution in [0.25, 0.3) is 0 Å². The molecule has 2 aromatic carbocycles. The van der Waals surface area contributed by atoms with Crippen molar-refractivity contribution in [2.75, 3.05) is 18.5 Å². The van der Waals surface area contributed by atoms with Crippen molar-refractivity contribution in [3.8, 4) is 0 Å². The van der Waals surface area contributed by atoms with Crippen LogP contribution in [-0.4, -0.2) is 32.6 Å². The number of aliphatic hydroxyl groups is 1. The fraction of sp³-hybridized carbons (Fsp3) is 0.235. The molecule has 1 amide bonds. The van der Waals surface area contributed by atoms with E-state index in [1.807, 2.05) is 0 Å². The third-order valence-corrected chi connectivity index (χ3v) is 5.04. The first-order chi connectivity index (χ1) is 11.7. The third-order valence-electron chi connectivity index (χ3n) is 3.58. The maximum Gasteiger partial charge on any atom is 0.255 e. The van der Waals surface area contributed by atoms with E-state index in [2.05, 4.69) is 10.0 Å². The second-order valence-electron chi connectivity index (χ2n) is 5.52. The van der Waals surface area contributed by atoms with E-state index in [0.717, 1.165) is 0 Å². The number of amides is 1. The van der Waals surface area contributed by atoms with Crippen LogP contribution in [0.3, 0.4) is 0 Å². The Morgan fingerprint density at radius 3 is 2.48 bits per heavy atom. The predicted molar refractivity (Wildman–Crippen MR) is 92.5 cm³/mol. The molecule has 2 rings (SSSR count). The highest BCUT2D eigenvalue weighted by molar-refractivity contribution is 7.89. The van der Waals surface area contributed by atoms with Gasteiger partial charge in [0.2, 0.25) is 10.0 Å². The zero-order valence-electron chi connectivity index (χ0n) is 13.8. The van der Waals surface area contributed by atoms with Gasteiger partial charge in [-0.25, -0.2) is 17.5 Å². The lowest BCUT2D eigenvalue weighted by Gasteiger charge is -2.11. The first-order valence-corrected chi connectivity index (χ1v) is 9.01. The van der Waals surface area contributed by atoms with Crippen molar-refractivity contribution in [1.82, 2.24) is 4.72 Å². The normalized spacial score (nSPS) is 11.4. The van der Waals surface area contributed by atoms with E-state index in [1.54, 1.807) is 13.8 Å². The van der Waals surface area contributed by atoms with E-state index in [1.165, 1.54) is 36.4 Å². The van der Waals surface area contributed by atoms with Crippen molar-refractivity contribution in [3.63, 3.8) is 0 Å². The average Bonchev–Trinajstić information content (AvgIpc) is 2.56. The highest BCUT2D eigenvalue weighted by Crippen LogP contribution is 2.19. The summed E-state index contributed by atoms with van der Waals surface area (Å²) in [6.45, 7) is 2.81. The van der Waals surface area contributed by atoms with Gasteiger partial charge in [-0.15, -0.1) is 0 Å². The summed E-state index contributed by atoms with van der Waals surface area (Å²) in [5.74, 6) is -0.875. The van der Waals surface area contributed by atoms with Crippen molar-refractivity contribution in [2.24, 2.45) is 0 Å². The molecule has 0 fully saturated rings. The minimum absolute atomic E-state index is 0.0769. The van der Waals surface area contributed by atoms with Crippen LogP contribution in [0.5, 0.6) is 0 Å². The van der Waals surface area contributed by atoms with Crippen LogP contribution in [0.15, 0.2) is 41.3 Å². The number of aryl methyl sites for hydroxylation is 2. The maximum absolute atomic E-state index is 13.3. The summed E-state index contributed by atoms with van der Waals surface area (Å²) in [6.07, 6.45) is 0. The van der Waals surface area contributed by atoms with Gasteiger partial charge >= 0.3 is 0 Å². The number of halogens is 1. The van der Waals surface area contributed by atoms with Crippen LogP contribution in [-0.2, 0) is 10.0 Å². The third kappa shape index (κ3) is 4.62. The largest absolute Gasteiger partial charge is 0.395 e. The Balaban J connectivity index is 2.30. The molecule has 0 saturated carbocycles. The minimum Gasteiger partial charge on any atom is -0.395 e. The summed E-state index contributed by atoms with van der Waals surface area (Å²) in [7, 11) is -3.82. The van der Waals surface area contributed by atoms with Crippen LogP contribution < -0.4 is 10.0 Å². The van der Waals surface area contributed by atoms with Crippen LogP contribution in [0.1, 0.15) is 21.5 Å². The summed E-state index contributed by atoms with van der Waals surface area (Å²) < 4.78 is 39.8. The number of carbonyl (C=O) groups excluding carboxylic acids is 1. The summed E-state index contributed by atoms with van der Waals surface area (Å²) in [6, 6.07) is 8.34. The molecule has 6 nitrogen and oxygen atoms in total. The molecule has 0 heterocycles. The molecule has 3 N–H and O–H groups in total. The fourth-order valence-electron chi connectivity index (χ4n) is 2.20. The molecule has 0 spiro atoms. The van der Waals surface area contributed by atoms with Gasteiger partial charge in [-0.1, -0.05) is 6.07 Å². The number of sulfonamides is 1. The van der Waals surface area contributed by atoms with E-state index in [-0.39, 0.29) is 29.4 Å². The van der Waals surface area contributed by atoms with Crippen LogP contribution in [0, 0.1) is 19.7 Å². The van der Waals surface area contributed by atoms with Gasteiger partial charge < -0.3 is 10.4 Å². The maximum atomic E-state index is 13.3. The van der Waals surface area contributed by atoms with Gasteiger partial charge in [-0.3, -0.25) is 4.79 Å². The molecular formula is C17H19FN2O4S. The summed E-state index contributed by atoms with van der Waals surface area (Å²) in [5, 5.41) is 11.4. The summed E-state index contributed by atoms with van der Waals surface area (Å²) in [5.41, 5.74) is 1.58. The monoisotopic (exact) mass is 366 g/mol. The Morgan fingerprint density at radius 1 is 1.12 bits per heavy atom. The Bertz CT molecular complexity index is 898. The van der Waals surface area contributed by atoms with Gasteiger partial charge in [-0.05, 0) is 55.3 Å². The van der Waals surface area contributed by atoms with E-state index in [4.69, 9.17) is 5.11 Å². The second kappa shape index (κ2) is 7.73. The van der Waals surface area contributed by atoms with Gasteiger partial charge in [0.05, 0.1) is 11.5 Å². The van der Waals surface area contributed by atoms with Crippen molar-refractivity contribution >= 4 is 21.6 Å². The first-order valence-electron chi connectivity index (χ1n) is 7.53. The van der Waals surface area contributed by atoms with Crippen LogP contribution in [0.4, 0.5) is 10.1 Å². The van der Waals surface area contributed by atoms with Gasteiger partial charge in [0, 0.05) is 17.8 Å². The number of carbonyl (C=O) groups is 1. The molecule has 0 aliphatic heterocycles. The molecule has 0 aromatic heterocycles. The van der Waals surface area contributed by atoms with E-state index in [9.17, 15) is 17.6 Å². The Kier molecular flexibility index (Phi) is 5.89. The molecule has 0 atom stereocenters. The fourth-order valence-corrected chi connectivity index (χ4v) is 3.24. The quantitative estimate of drug-likeness (QED) is 0.728. The highest BCUT2D eigenvalue weighted by Gasteiger charge is 2.18. The number of nitrogens with one attached hydrogen (secondary N) is 2. The Labute approximate surface area is 145 Å². The average molecular weight is 366 g/mol. The van der Waals surface area contributed by atoms with Gasteiger partial charge in [0.1, 0.15) is 5.82 Å². The first kappa shape index (κ1) is 19.0. The summed E-state index contributed by atoms with van der Waals surface area (Å²) >= 11 is 0. The molecule has 2 aromatic rings. The van der Waals surface area contributed by atoms with Crippen molar-refractivity contribution in [2.45, 2.75) is 18.7 Å². The molecule has 134 valence electrons. The predicted octanol–water partition coefficient (Wildman–Crippen LogP) is 1.97. The molecule has 0 aliphatic rings. The molecule has 8 heteroatoms. The van der Waals surface area contributed by atoms with E-state index in [0.29, 0.717) is 16.8 Å². The van der Waals surface area contributed by atoms with E-state index < -0.39 is 15.9 Å². The summed E-state index contributed by atoms with van der Waals surface area (Å²) in [4.78, 5) is 12.4. The zero-order valence-corrected chi connectivity index (χ0v) is 14.7. The smallest absolute Gasteiger partial charge is 0.255 e. The number of hydrogen-bond donors (Lipinski definition) is 3. The van der Waals surface area contributed by atoms with Crippen molar-refractivity contribution < 1.29 is 22.7 Å². The lowest BCUT2D eigenvalue weighted by Crippen LogP contribution is -2.27. The highest BCUT2D eigenvalue weighted by atomic mass is 32.2. The molecular weight excluding hydrogens is 347 g/mol. The van der Waals surface area contributed by atoms with Crippen molar-refractivity contribution in [3.05, 3.63) is 58.9 Å². The standard InChI is InChI=1S/C17H19FN2O4S/c1-11-3-5-14(25(23,24)19-7-8-21)10-15(11)17(22)20-13-4-6-16(18)12(2)9-13/h3-6,9-10,19,21H,7-8H2,1-2H3,(H,20,22). The number of rotatable bonds is 6. The van der Waals surface area contributed by atoms with Crippen LogP contribution >= 0.6 is 0 Å². The zero-order chi connectivity index (χ0) is 18.6. The van der Waals surface area contributed by atoms with Gasteiger partial charge in [-0.2, -0.15) is 0 Å².